The fourth-order valence-electron chi connectivity index (χ4n) is 4.09. The van der Waals surface area contributed by atoms with E-state index in [1.165, 1.54) is 0 Å². The zero-order chi connectivity index (χ0) is 20.0. The second-order valence-electron chi connectivity index (χ2n) is 8.08. The summed E-state index contributed by atoms with van der Waals surface area (Å²) in [6.07, 6.45) is 4.47. The highest BCUT2D eigenvalue weighted by molar-refractivity contribution is 5.96. The van der Waals surface area contributed by atoms with Gasteiger partial charge in [0.15, 0.2) is 11.3 Å². The minimum atomic E-state index is -0.0231. The highest BCUT2D eigenvalue weighted by Crippen LogP contribution is 2.32. The Bertz CT molecular complexity index is 1020. The Morgan fingerprint density at radius 2 is 2.18 bits per heavy atom. The first-order chi connectivity index (χ1) is 13.4. The van der Waals surface area contributed by atoms with E-state index in [0.717, 1.165) is 47.5 Å². The number of rotatable bonds is 4. The SMILES string of the molecule is Cc1cc(-c2[nH]nc(C(=O)N(C)C3CCN(C)C3)c2C(C)C)cn2ncnc12. The summed E-state index contributed by atoms with van der Waals surface area (Å²) in [4.78, 5) is 21.6. The normalized spacial score (nSPS) is 17.7. The van der Waals surface area contributed by atoms with Crippen molar-refractivity contribution in [3.8, 4) is 11.3 Å². The molecule has 1 aliphatic heterocycles. The average Bonchev–Trinajstić information content (AvgIpc) is 3.38. The summed E-state index contributed by atoms with van der Waals surface area (Å²) in [5, 5.41) is 11.8. The van der Waals surface area contributed by atoms with Crippen LogP contribution in [0, 0.1) is 6.92 Å². The summed E-state index contributed by atoms with van der Waals surface area (Å²) in [6.45, 7) is 8.11. The van der Waals surface area contributed by atoms with Crippen molar-refractivity contribution in [2.24, 2.45) is 0 Å². The fraction of sp³-hybridized carbons (Fsp3) is 0.500. The van der Waals surface area contributed by atoms with Gasteiger partial charge in [-0.3, -0.25) is 9.89 Å². The van der Waals surface area contributed by atoms with Gasteiger partial charge in [-0.05, 0) is 44.5 Å². The van der Waals surface area contributed by atoms with Gasteiger partial charge in [0.1, 0.15) is 6.33 Å². The topological polar surface area (TPSA) is 82.4 Å². The van der Waals surface area contributed by atoms with Gasteiger partial charge in [-0.2, -0.15) is 10.2 Å². The second-order valence-corrected chi connectivity index (χ2v) is 8.08. The van der Waals surface area contributed by atoms with Crippen molar-refractivity contribution in [3.05, 3.63) is 35.4 Å². The van der Waals surface area contributed by atoms with Crippen LogP contribution in [0.5, 0.6) is 0 Å². The van der Waals surface area contributed by atoms with Gasteiger partial charge in [0.2, 0.25) is 0 Å². The lowest BCUT2D eigenvalue weighted by Crippen LogP contribution is -2.39. The van der Waals surface area contributed by atoms with E-state index in [9.17, 15) is 4.79 Å². The maximum Gasteiger partial charge on any atom is 0.274 e. The van der Waals surface area contributed by atoms with Crippen molar-refractivity contribution in [3.63, 3.8) is 0 Å². The lowest BCUT2D eigenvalue weighted by atomic mass is 9.96. The number of aromatic amines is 1. The second kappa shape index (κ2) is 7.01. The molecule has 0 saturated carbocycles. The van der Waals surface area contributed by atoms with Crippen LogP contribution in [0.3, 0.4) is 0 Å². The summed E-state index contributed by atoms with van der Waals surface area (Å²) in [5.74, 6) is 0.129. The molecule has 1 aliphatic rings. The molecule has 1 N–H and O–H groups in total. The summed E-state index contributed by atoms with van der Waals surface area (Å²) < 4.78 is 1.76. The van der Waals surface area contributed by atoms with Gasteiger partial charge in [-0.1, -0.05) is 13.8 Å². The third kappa shape index (κ3) is 3.07. The van der Waals surface area contributed by atoms with E-state index >= 15 is 0 Å². The Labute approximate surface area is 164 Å². The van der Waals surface area contributed by atoms with Crippen molar-refractivity contribution in [2.45, 2.75) is 39.2 Å². The number of carbonyl (C=O) groups is 1. The first kappa shape index (κ1) is 18.6. The summed E-state index contributed by atoms with van der Waals surface area (Å²) >= 11 is 0. The number of nitrogens with one attached hydrogen (secondary N) is 1. The first-order valence-corrected chi connectivity index (χ1v) is 9.71. The van der Waals surface area contributed by atoms with Crippen molar-refractivity contribution >= 4 is 11.6 Å². The molecule has 3 aromatic heterocycles. The summed E-state index contributed by atoms with van der Waals surface area (Å²) in [7, 11) is 3.98. The lowest BCUT2D eigenvalue weighted by Gasteiger charge is -2.24. The third-order valence-electron chi connectivity index (χ3n) is 5.67. The van der Waals surface area contributed by atoms with Crippen LogP contribution in [0.2, 0.25) is 0 Å². The van der Waals surface area contributed by atoms with E-state index < -0.39 is 0 Å². The van der Waals surface area contributed by atoms with Crippen LogP contribution in [0.15, 0.2) is 18.6 Å². The number of aryl methyl sites for hydroxylation is 1. The molecule has 4 rings (SSSR count). The molecule has 0 spiro atoms. The molecule has 0 radical (unpaired) electrons. The number of hydrogen-bond donors (Lipinski definition) is 1. The van der Waals surface area contributed by atoms with E-state index in [1.54, 1.807) is 10.8 Å². The summed E-state index contributed by atoms with van der Waals surface area (Å²) in [6, 6.07) is 2.29. The number of nitrogens with zero attached hydrogens (tertiary/aromatic N) is 6. The molecule has 1 unspecified atom stereocenters. The van der Waals surface area contributed by atoms with Crippen LogP contribution >= 0.6 is 0 Å². The van der Waals surface area contributed by atoms with Crippen molar-refractivity contribution in [1.82, 2.24) is 34.6 Å². The van der Waals surface area contributed by atoms with Crippen molar-refractivity contribution in [1.29, 1.82) is 0 Å². The predicted molar refractivity (Wildman–Crippen MR) is 107 cm³/mol. The maximum absolute atomic E-state index is 13.2. The van der Waals surface area contributed by atoms with Crippen LogP contribution in [0.25, 0.3) is 16.9 Å². The van der Waals surface area contributed by atoms with Gasteiger partial charge in [0, 0.05) is 37.0 Å². The van der Waals surface area contributed by atoms with Crippen LogP contribution in [0.4, 0.5) is 0 Å². The molecule has 0 bridgehead atoms. The molecule has 3 aromatic rings. The van der Waals surface area contributed by atoms with Crippen molar-refractivity contribution < 1.29 is 4.79 Å². The van der Waals surface area contributed by atoms with Gasteiger partial charge < -0.3 is 9.80 Å². The number of carbonyl (C=O) groups excluding carboxylic acids is 1. The van der Waals surface area contributed by atoms with Crippen LogP contribution in [-0.4, -0.2) is 73.7 Å². The number of H-pyrrole nitrogens is 1. The smallest absolute Gasteiger partial charge is 0.274 e. The van der Waals surface area contributed by atoms with Gasteiger partial charge >= 0.3 is 0 Å². The number of likely N-dealkylation sites (N-methyl/N-ethyl adjacent to an activating group) is 2. The molecule has 1 atom stereocenters. The van der Waals surface area contributed by atoms with Crippen LogP contribution in [0.1, 0.15) is 47.8 Å². The Morgan fingerprint density at radius 1 is 1.39 bits per heavy atom. The molecule has 4 heterocycles. The zero-order valence-electron chi connectivity index (χ0n) is 17.1. The third-order valence-corrected chi connectivity index (χ3v) is 5.67. The van der Waals surface area contributed by atoms with Gasteiger partial charge in [-0.25, -0.2) is 9.50 Å². The van der Waals surface area contributed by atoms with E-state index in [-0.39, 0.29) is 17.9 Å². The monoisotopic (exact) mass is 381 g/mol. The standard InChI is InChI=1S/C20H27N7O/c1-12(2)16-17(14-8-13(3)19-21-11-22-27(19)9-14)23-24-18(16)20(28)26(5)15-6-7-25(4)10-15/h8-9,11-12,15H,6-7,10H2,1-5H3,(H,23,24). The van der Waals surface area contributed by atoms with Gasteiger partial charge in [-0.15, -0.1) is 0 Å². The Balaban J connectivity index is 1.74. The number of aromatic nitrogens is 5. The Kier molecular flexibility index (Phi) is 4.66. The highest BCUT2D eigenvalue weighted by Gasteiger charge is 2.31. The van der Waals surface area contributed by atoms with E-state index in [2.05, 4.69) is 52.1 Å². The molecule has 1 fully saturated rings. The lowest BCUT2D eigenvalue weighted by molar-refractivity contribution is 0.0730. The van der Waals surface area contributed by atoms with Crippen LogP contribution < -0.4 is 0 Å². The number of hydrogen-bond acceptors (Lipinski definition) is 5. The maximum atomic E-state index is 13.2. The minimum Gasteiger partial charge on any atom is -0.336 e. The molecule has 1 saturated heterocycles. The number of amides is 1. The van der Waals surface area contributed by atoms with E-state index in [0.29, 0.717) is 5.69 Å². The molecule has 1 amide bonds. The van der Waals surface area contributed by atoms with E-state index in [1.807, 2.05) is 25.1 Å². The minimum absolute atomic E-state index is 0.0231. The van der Waals surface area contributed by atoms with Gasteiger partial charge in [0.25, 0.3) is 5.91 Å². The fourth-order valence-corrected chi connectivity index (χ4v) is 4.09. The van der Waals surface area contributed by atoms with Gasteiger partial charge in [0.05, 0.1) is 5.69 Å². The van der Waals surface area contributed by atoms with Crippen molar-refractivity contribution in [2.75, 3.05) is 27.2 Å². The molecule has 0 aromatic carbocycles. The highest BCUT2D eigenvalue weighted by atomic mass is 16.2. The quantitative estimate of drug-likeness (QED) is 0.750. The van der Waals surface area contributed by atoms with E-state index in [4.69, 9.17) is 0 Å². The number of fused-ring (bicyclic) bond motifs is 1. The molecular formula is C20H27N7O. The summed E-state index contributed by atoms with van der Waals surface area (Å²) in [5.41, 5.74) is 5.14. The molecular weight excluding hydrogens is 354 g/mol. The molecule has 8 nitrogen and oxygen atoms in total. The average molecular weight is 381 g/mol. The predicted octanol–water partition coefficient (Wildman–Crippen LogP) is 2.33. The molecule has 0 aliphatic carbocycles. The first-order valence-electron chi connectivity index (χ1n) is 9.71. The largest absolute Gasteiger partial charge is 0.336 e. The number of pyridine rings is 1. The zero-order valence-corrected chi connectivity index (χ0v) is 17.1. The molecule has 28 heavy (non-hydrogen) atoms. The molecule has 148 valence electrons. The molecule has 8 heteroatoms. The Hall–Kier alpha value is -2.74. The Morgan fingerprint density at radius 3 is 2.86 bits per heavy atom. The number of likely N-dealkylation sites (tertiary alicyclic amines) is 1. The van der Waals surface area contributed by atoms with Crippen LogP contribution in [-0.2, 0) is 0 Å².